The van der Waals surface area contributed by atoms with Gasteiger partial charge in [0.2, 0.25) is 0 Å². The molecule has 0 bridgehead atoms. The summed E-state index contributed by atoms with van der Waals surface area (Å²) in [5, 5.41) is 5.47. The second-order valence-corrected chi connectivity index (χ2v) is 13.3. The van der Waals surface area contributed by atoms with E-state index in [4.69, 9.17) is 4.74 Å². The van der Waals surface area contributed by atoms with Crippen molar-refractivity contribution in [2.45, 2.75) is 38.9 Å². The minimum absolute atomic E-state index is 0.291. The zero-order valence-electron chi connectivity index (χ0n) is 28.3. The van der Waals surface area contributed by atoms with Crippen molar-refractivity contribution in [3.05, 3.63) is 155 Å². The summed E-state index contributed by atoms with van der Waals surface area (Å²) in [4.78, 5) is 28.9. The molecule has 0 spiro atoms. The first-order valence-electron chi connectivity index (χ1n) is 16.7. The number of amides is 1. The van der Waals surface area contributed by atoms with Gasteiger partial charge >= 0.3 is 5.97 Å². The molecule has 0 aliphatic heterocycles. The third-order valence-electron chi connectivity index (χ3n) is 9.16. The summed E-state index contributed by atoms with van der Waals surface area (Å²) in [6.45, 7) is 3.41. The highest BCUT2D eigenvalue weighted by molar-refractivity contribution is 7.98. The van der Waals surface area contributed by atoms with E-state index < -0.39 is 12.0 Å². The lowest BCUT2D eigenvalue weighted by molar-refractivity contribution is -0.142. The van der Waals surface area contributed by atoms with Crippen LogP contribution in [0.1, 0.15) is 44.6 Å². The maximum Gasteiger partial charge on any atom is 0.328 e. The van der Waals surface area contributed by atoms with Crippen molar-refractivity contribution in [2.24, 2.45) is 0 Å². The first-order chi connectivity index (χ1) is 24.0. The van der Waals surface area contributed by atoms with Gasteiger partial charge in [0.15, 0.2) is 0 Å². The number of methoxy groups -OCH3 is 1. The van der Waals surface area contributed by atoms with E-state index in [1.54, 1.807) is 11.8 Å². The predicted octanol–water partition coefficient (Wildman–Crippen LogP) is 9.17. The molecule has 0 aromatic heterocycles. The largest absolute Gasteiger partial charge is 0.467 e. The number of fused-ring (bicyclic) bond motifs is 2. The number of esters is 1. The van der Waals surface area contributed by atoms with Crippen LogP contribution in [0.3, 0.4) is 0 Å². The smallest absolute Gasteiger partial charge is 0.328 e. The van der Waals surface area contributed by atoms with E-state index in [2.05, 4.69) is 114 Å². The van der Waals surface area contributed by atoms with E-state index >= 15 is 0 Å². The van der Waals surface area contributed by atoms with Gasteiger partial charge in [0.25, 0.3) is 5.91 Å². The number of nitrogens with zero attached hydrogens (tertiary/aromatic N) is 1. The van der Waals surface area contributed by atoms with Crippen LogP contribution in [0.2, 0.25) is 0 Å². The lowest BCUT2D eigenvalue weighted by Crippen LogP contribution is -2.42. The summed E-state index contributed by atoms with van der Waals surface area (Å²) in [6.07, 6.45) is 12.0. The molecule has 49 heavy (non-hydrogen) atoms. The van der Waals surface area contributed by atoms with Crippen molar-refractivity contribution in [1.29, 1.82) is 0 Å². The Balaban J connectivity index is 1.41. The number of ether oxygens (including phenoxy) is 1. The molecule has 0 radical (unpaired) electrons. The Hall–Kier alpha value is -5.07. The number of hydrogen-bond acceptors (Lipinski definition) is 5. The Morgan fingerprint density at radius 1 is 0.878 bits per heavy atom. The van der Waals surface area contributed by atoms with Crippen LogP contribution in [0.5, 0.6) is 0 Å². The second kappa shape index (κ2) is 15.9. The number of hydrogen-bond donors (Lipinski definition) is 1. The van der Waals surface area contributed by atoms with Crippen molar-refractivity contribution in [3.63, 3.8) is 0 Å². The average molecular weight is 667 g/mol. The molecular formula is C43H42N2O3S. The highest BCUT2D eigenvalue weighted by atomic mass is 32.2. The number of para-hydroxylation sites is 1. The summed E-state index contributed by atoms with van der Waals surface area (Å²) in [7, 11) is 1.36. The van der Waals surface area contributed by atoms with E-state index in [-0.39, 0.29) is 5.91 Å². The van der Waals surface area contributed by atoms with Gasteiger partial charge in [0.1, 0.15) is 6.04 Å². The molecule has 1 amide bonds. The third kappa shape index (κ3) is 7.82. The summed E-state index contributed by atoms with van der Waals surface area (Å²) in [6, 6.07) is 35.0. The maximum absolute atomic E-state index is 13.9. The van der Waals surface area contributed by atoms with Crippen LogP contribution in [-0.4, -0.2) is 37.0 Å². The molecule has 1 N–H and O–H groups in total. The van der Waals surface area contributed by atoms with E-state index in [1.807, 2.05) is 36.6 Å². The maximum atomic E-state index is 13.9. The van der Waals surface area contributed by atoms with Gasteiger partial charge in [-0.2, -0.15) is 11.8 Å². The minimum atomic E-state index is -0.719. The lowest BCUT2D eigenvalue weighted by atomic mass is 9.91. The van der Waals surface area contributed by atoms with Gasteiger partial charge in [-0.1, -0.05) is 97.1 Å². The lowest BCUT2D eigenvalue weighted by Gasteiger charge is -2.28. The Morgan fingerprint density at radius 3 is 2.45 bits per heavy atom. The minimum Gasteiger partial charge on any atom is -0.467 e. The number of carbonyl (C=O) groups is 2. The molecule has 5 aromatic rings. The fourth-order valence-electron chi connectivity index (χ4n) is 6.62. The van der Waals surface area contributed by atoms with Crippen LogP contribution >= 0.6 is 11.8 Å². The molecule has 5 nitrogen and oxygen atoms in total. The standard InChI is InChI=1S/C43H42N2O3S/c1-30-14-10-12-19-35(30)39-26-31(22-23-38(39)42(46)44-41(24-25-49-3)43(47)48-2)28-45(34-17-7-5-8-18-34)29-40-36-20-9-4-6-15-32(36)27-33-16-11-13-21-37(33)40/h4-19,21-23,26-27,41H,20,24-25,28-29H2,1-3H3,(H,44,46). The van der Waals surface area contributed by atoms with Crippen molar-refractivity contribution in [3.8, 4) is 11.1 Å². The Kier molecular flexibility index (Phi) is 11.0. The normalized spacial score (nSPS) is 12.6. The van der Waals surface area contributed by atoms with E-state index in [0.29, 0.717) is 25.1 Å². The van der Waals surface area contributed by atoms with Crippen LogP contribution in [0, 0.1) is 6.92 Å². The van der Waals surface area contributed by atoms with E-state index in [9.17, 15) is 9.59 Å². The van der Waals surface area contributed by atoms with Crippen molar-refractivity contribution < 1.29 is 14.3 Å². The Morgan fingerprint density at radius 2 is 1.65 bits per heavy atom. The molecule has 1 atom stereocenters. The van der Waals surface area contributed by atoms with Gasteiger partial charge in [-0.15, -0.1) is 0 Å². The number of benzene rings is 5. The van der Waals surface area contributed by atoms with E-state index in [1.165, 1.54) is 34.6 Å². The average Bonchev–Trinajstić information content (AvgIpc) is 3.38. The first-order valence-corrected chi connectivity index (χ1v) is 18.1. The first kappa shape index (κ1) is 33.8. The molecule has 5 aromatic carbocycles. The molecule has 1 unspecified atom stereocenters. The number of nitrogens with one attached hydrogen (secondary N) is 1. The molecule has 6 rings (SSSR count). The van der Waals surface area contributed by atoms with Gasteiger partial charge in [-0.3, -0.25) is 4.79 Å². The quantitative estimate of drug-likeness (QED) is 0.135. The number of rotatable bonds is 12. The summed E-state index contributed by atoms with van der Waals surface area (Å²) in [5.41, 5.74) is 9.55. The van der Waals surface area contributed by atoms with Gasteiger partial charge in [-0.25, -0.2) is 4.79 Å². The van der Waals surface area contributed by atoms with Crippen LogP contribution in [0.25, 0.3) is 28.0 Å². The summed E-state index contributed by atoms with van der Waals surface area (Å²) >= 11 is 1.63. The highest BCUT2D eigenvalue weighted by Crippen LogP contribution is 2.33. The molecular weight excluding hydrogens is 625 g/mol. The van der Waals surface area contributed by atoms with Crippen LogP contribution < -0.4 is 10.2 Å². The van der Waals surface area contributed by atoms with Gasteiger partial charge in [0, 0.05) is 24.3 Å². The number of allylic oxidation sites excluding steroid dienone is 3. The number of aryl methyl sites for hydroxylation is 1. The molecule has 0 fully saturated rings. The second-order valence-electron chi connectivity index (χ2n) is 12.4. The number of anilines is 1. The molecule has 0 saturated heterocycles. The monoisotopic (exact) mass is 666 g/mol. The predicted molar refractivity (Wildman–Crippen MR) is 205 cm³/mol. The van der Waals surface area contributed by atoms with Crippen molar-refractivity contribution in [2.75, 3.05) is 24.0 Å². The Bertz CT molecular complexity index is 2020. The zero-order valence-corrected chi connectivity index (χ0v) is 29.1. The van der Waals surface area contributed by atoms with Crippen LogP contribution in [0.4, 0.5) is 5.69 Å². The summed E-state index contributed by atoms with van der Waals surface area (Å²) in [5.74, 6) is -0.00104. The fraction of sp³-hybridized carbons (Fsp3) is 0.209. The highest BCUT2D eigenvalue weighted by Gasteiger charge is 2.24. The number of thioether (sulfide) groups is 1. The SMILES string of the molecule is COC(=O)C(CCSC)NC(=O)c1ccc(CN(Cc2c3c(cc4ccccc24)C=CC=CC3)c2ccccc2)cc1-c1ccccc1C. The third-order valence-corrected chi connectivity index (χ3v) is 9.81. The molecule has 6 heteroatoms. The zero-order chi connectivity index (χ0) is 34.2. The summed E-state index contributed by atoms with van der Waals surface area (Å²) < 4.78 is 5.03. The van der Waals surface area contributed by atoms with Gasteiger partial charge < -0.3 is 15.0 Å². The fourth-order valence-corrected chi connectivity index (χ4v) is 7.09. The molecule has 1 aliphatic carbocycles. The van der Waals surface area contributed by atoms with E-state index in [0.717, 1.165) is 40.1 Å². The topological polar surface area (TPSA) is 58.6 Å². The van der Waals surface area contributed by atoms with Crippen LogP contribution in [-0.2, 0) is 29.0 Å². The number of carbonyl (C=O) groups excluding carboxylic acids is 2. The molecule has 1 aliphatic rings. The van der Waals surface area contributed by atoms with Gasteiger partial charge in [-0.05, 0) is 112 Å². The molecule has 248 valence electrons. The molecule has 0 heterocycles. The van der Waals surface area contributed by atoms with Crippen LogP contribution in [0.15, 0.2) is 121 Å². The van der Waals surface area contributed by atoms with Crippen molar-refractivity contribution >= 4 is 46.2 Å². The van der Waals surface area contributed by atoms with Crippen molar-refractivity contribution in [1.82, 2.24) is 5.32 Å². The molecule has 0 saturated carbocycles. The Labute approximate surface area is 293 Å². The van der Waals surface area contributed by atoms with Gasteiger partial charge in [0.05, 0.1) is 7.11 Å².